The molecule has 0 heterocycles. The Morgan fingerprint density at radius 2 is 1.68 bits per heavy atom. The van der Waals surface area contributed by atoms with Crippen LogP contribution in [0.15, 0.2) is 48.5 Å². The Morgan fingerprint density at radius 1 is 1.04 bits per heavy atom. The first-order valence-electron chi connectivity index (χ1n) is 8.04. The second-order valence-corrected chi connectivity index (χ2v) is 6.07. The number of carboxylic acids is 1. The van der Waals surface area contributed by atoms with Gasteiger partial charge in [0.15, 0.2) is 5.78 Å². The van der Waals surface area contributed by atoms with Crippen molar-refractivity contribution in [2.75, 3.05) is 6.54 Å². The highest BCUT2D eigenvalue weighted by atomic mass is 16.4. The van der Waals surface area contributed by atoms with Crippen molar-refractivity contribution in [3.63, 3.8) is 0 Å². The van der Waals surface area contributed by atoms with Gasteiger partial charge in [0, 0.05) is 17.7 Å². The van der Waals surface area contributed by atoms with Gasteiger partial charge in [0.1, 0.15) is 0 Å². The van der Waals surface area contributed by atoms with Crippen molar-refractivity contribution in [2.24, 2.45) is 5.92 Å². The molecular formula is C20H21NO4. The van der Waals surface area contributed by atoms with Crippen molar-refractivity contribution >= 4 is 17.7 Å². The molecule has 1 atom stereocenters. The topological polar surface area (TPSA) is 83.5 Å². The molecule has 5 heteroatoms. The summed E-state index contributed by atoms with van der Waals surface area (Å²) in [6.45, 7) is 3.44. The molecule has 0 fully saturated rings. The van der Waals surface area contributed by atoms with E-state index in [1.54, 1.807) is 24.3 Å². The number of carboxylic acid groups (broad SMARTS) is 1. The van der Waals surface area contributed by atoms with Crippen LogP contribution in [0.2, 0.25) is 0 Å². The minimum atomic E-state index is -0.950. The third kappa shape index (κ3) is 5.28. The summed E-state index contributed by atoms with van der Waals surface area (Å²) in [4.78, 5) is 34.9. The molecule has 2 N–H and O–H groups in total. The molecule has 0 aliphatic rings. The maximum Gasteiger partial charge on any atom is 0.308 e. The fourth-order valence-corrected chi connectivity index (χ4v) is 2.54. The molecule has 2 aromatic carbocycles. The van der Waals surface area contributed by atoms with Gasteiger partial charge in [-0.3, -0.25) is 14.4 Å². The van der Waals surface area contributed by atoms with Gasteiger partial charge in [-0.25, -0.2) is 0 Å². The second-order valence-electron chi connectivity index (χ2n) is 6.07. The molecule has 5 nitrogen and oxygen atoms in total. The van der Waals surface area contributed by atoms with E-state index in [1.165, 1.54) is 6.92 Å². The molecule has 2 rings (SSSR count). The van der Waals surface area contributed by atoms with Gasteiger partial charge in [-0.05, 0) is 38.0 Å². The number of ketones is 1. The minimum Gasteiger partial charge on any atom is -0.481 e. The number of hydrogen-bond donors (Lipinski definition) is 2. The van der Waals surface area contributed by atoms with Crippen LogP contribution in [0, 0.1) is 12.8 Å². The predicted octanol–water partition coefficient (Wildman–Crippen LogP) is 2.87. The van der Waals surface area contributed by atoms with Crippen LogP contribution in [-0.2, 0) is 11.2 Å². The van der Waals surface area contributed by atoms with Crippen molar-refractivity contribution in [3.05, 3.63) is 70.8 Å². The van der Waals surface area contributed by atoms with Gasteiger partial charge in [0.2, 0.25) is 0 Å². The molecule has 0 aliphatic heterocycles. The van der Waals surface area contributed by atoms with Crippen LogP contribution >= 0.6 is 0 Å². The Kier molecular flexibility index (Phi) is 6.06. The number of hydrogen-bond acceptors (Lipinski definition) is 3. The SMILES string of the molecule is CC(=O)c1ccc(C(=O)NCC(Cc2cccc(C)c2)C(=O)O)cc1. The standard InChI is InChI=1S/C20H21NO4/c1-13-4-3-5-15(10-13)11-18(20(24)25)12-21-19(23)17-8-6-16(7-9-17)14(2)22/h3-10,18H,11-12H2,1-2H3,(H,21,23)(H,24,25). The van der Waals surface area contributed by atoms with Gasteiger partial charge in [-0.2, -0.15) is 0 Å². The molecule has 1 unspecified atom stereocenters. The number of aryl methyl sites for hydroxylation is 1. The Hall–Kier alpha value is -2.95. The summed E-state index contributed by atoms with van der Waals surface area (Å²) < 4.78 is 0. The molecule has 0 saturated carbocycles. The molecule has 0 spiro atoms. The summed E-state index contributed by atoms with van der Waals surface area (Å²) in [5.74, 6) is -2.09. The number of amides is 1. The summed E-state index contributed by atoms with van der Waals surface area (Å²) in [6.07, 6.45) is 0.348. The largest absolute Gasteiger partial charge is 0.481 e. The molecule has 2 aromatic rings. The van der Waals surface area contributed by atoms with Gasteiger partial charge < -0.3 is 10.4 Å². The highest BCUT2D eigenvalue weighted by Gasteiger charge is 2.19. The number of rotatable bonds is 7. The number of aliphatic carboxylic acids is 1. The lowest BCUT2D eigenvalue weighted by molar-refractivity contribution is -0.141. The normalized spacial score (nSPS) is 11.6. The molecule has 0 saturated heterocycles. The molecular weight excluding hydrogens is 318 g/mol. The molecule has 130 valence electrons. The van der Waals surface area contributed by atoms with E-state index in [9.17, 15) is 19.5 Å². The zero-order valence-corrected chi connectivity index (χ0v) is 14.3. The highest BCUT2D eigenvalue weighted by Crippen LogP contribution is 2.11. The Morgan fingerprint density at radius 3 is 2.24 bits per heavy atom. The molecule has 0 bridgehead atoms. The lowest BCUT2D eigenvalue weighted by Crippen LogP contribution is -2.34. The van der Waals surface area contributed by atoms with Gasteiger partial charge in [0.05, 0.1) is 5.92 Å². The smallest absolute Gasteiger partial charge is 0.308 e. The van der Waals surface area contributed by atoms with E-state index in [2.05, 4.69) is 5.32 Å². The third-order valence-electron chi connectivity index (χ3n) is 3.98. The maximum atomic E-state index is 12.2. The molecule has 0 aliphatic carbocycles. The van der Waals surface area contributed by atoms with Gasteiger partial charge >= 0.3 is 5.97 Å². The fourth-order valence-electron chi connectivity index (χ4n) is 2.54. The van der Waals surface area contributed by atoms with Crippen LogP contribution in [0.5, 0.6) is 0 Å². The van der Waals surface area contributed by atoms with Crippen molar-refractivity contribution in [1.82, 2.24) is 5.32 Å². The third-order valence-corrected chi connectivity index (χ3v) is 3.98. The summed E-state index contributed by atoms with van der Waals surface area (Å²) >= 11 is 0. The van der Waals surface area contributed by atoms with E-state index in [4.69, 9.17) is 0 Å². The van der Waals surface area contributed by atoms with E-state index in [0.717, 1.165) is 11.1 Å². The first-order valence-corrected chi connectivity index (χ1v) is 8.04. The number of nitrogens with one attached hydrogen (secondary N) is 1. The summed E-state index contributed by atoms with van der Waals surface area (Å²) in [7, 11) is 0. The second kappa shape index (κ2) is 8.24. The number of benzene rings is 2. The van der Waals surface area contributed by atoms with Gasteiger partial charge in [-0.1, -0.05) is 42.0 Å². The van der Waals surface area contributed by atoms with Gasteiger partial charge in [0.25, 0.3) is 5.91 Å². The Bertz CT molecular complexity index is 781. The minimum absolute atomic E-state index is 0.0383. The van der Waals surface area contributed by atoms with Crippen molar-refractivity contribution < 1.29 is 19.5 Å². The van der Waals surface area contributed by atoms with E-state index in [1.807, 2.05) is 31.2 Å². The summed E-state index contributed by atoms with van der Waals surface area (Å²) in [6, 6.07) is 13.9. The Balaban J connectivity index is 1.99. The van der Waals surface area contributed by atoms with Crippen molar-refractivity contribution in [3.8, 4) is 0 Å². The monoisotopic (exact) mass is 339 g/mol. The van der Waals surface area contributed by atoms with E-state index < -0.39 is 11.9 Å². The summed E-state index contributed by atoms with van der Waals surface area (Å²) in [5, 5.41) is 12.1. The number of carbonyl (C=O) groups is 3. The zero-order valence-electron chi connectivity index (χ0n) is 14.3. The number of Topliss-reactive ketones (excluding diaryl/α,β-unsaturated/α-hetero) is 1. The van der Waals surface area contributed by atoms with Crippen molar-refractivity contribution in [2.45, 2.75) is 20.3 Å². The van der Waals surface area contributed by atoms with E-state index >= 15 is 0 Å². The van der Waals surface area contributed by atoms with Crippen LogP contribution in [0.4, 0.5) is 0 Å². The molecule has 1 amide bonds. The average molecular weight is 339 g/mol. The Labute approximate surface area is 146 Å². The van der Waals surface area contributed by atoms with E-state index in [0.29, 0.717) is 17.5 Å². The first kappa shape index (κ1) is 18.4. The van der Waals surface area contributed by atoms with Crippen molar-refractivity contribution in [1.29, 1.82) is 0 Å². The highest BCUT2D eigenvalue weighted by molar-refractivity contribution is 5.97. The zero-order chi connectivity index (χ0) is 18.4. The van der Waals surface area contributed by atoms with Gasteiger partial charge in [-0.15, -0.1) is 0 Å². The van der Waals surface area contributed by atoms with Crippen LogP contribution < -0.4 is 5.32 Å². The predicted molar refractivity (Wildman–Crippen MR) is 94.8 cm³/mol. The summed E-state index contributed by atoms with van der Waals surface area (Å²) in [5.41, 5.74) is 2.91. The fraction of sp³-hybridized carbons (Fsp3) is 0.250. The molecule has 0 radical (unpaired) electrons. The van der Waals surface area contributed by atoms with E-state index in [-0.39, 0.29) is 18.2 Å². The van der Waals surface area contributed by atoms with Crippen LogP contribution in [-0.4, -0.2) is 29.3 Å². The lowest BCUT2D eigenvalue weighted by atomic mass is 9.98. The van der Waals surface area contributed by atoms with Crippen LogP contribution in [0.1, 0.15) is 38.8 Å². The number of carbonyl (C=O) groups excluding carboxylic acids is 2. The van der Waals surface area contributed by atoms with Crippen LogP contribution in [0.3, 0.4) is 0 Å². The van der Waals surface area contributed by atoms with Crippen LogP contribution in [0.25, 0.3) is 0 Å². The average Bonchev–Trinajstić information content (AvgIpc) is 2.58. The molecule has 0 aromatic heterocycles. The molecule has 25 heavy (non-hydrogen) atoms. The lowest BCUT2D eigenvalue weighted by Gasteiger charge is -2.14. The first-order chi connectivity index (χ1) is 11.9. The maximum absolute atomic E-state index is 12.2. The quantitative estimate of drug-likeness (QED) is 0.760.